The molecule has 182 valence electrons. The van der Waals surface area contributed by atoms with E-state index in [4.69, 9.17) is 27.6 Å². The lowest BCUT2D eigenvalue weighted by atomic mass is 10.0. The van der Waals surface area contributed by atoms with Crippen LogP contribution in [0.25, 0.3) is 0 Å². The molecule has 0 radical (unpaired) electrons. The third-order valence-corrected chi connectivity index (χ3v) is 11.4. The molecular weight excluding hydrogens is 448 g/mol. The molecule has 0 unspecified atom stereocenters. The first kappa shape index (κ1) is 26.9. The average molecular weight is 485 g/mol. The van der Waals surface area contributed by atoms with Crippen molar-refractivity contribution in [3.8, 4) is 0 Å². The average Bonchev–Trinajstić information content (AvgIpc) is 3.13. The van der Waals surface area contributed by atoms with E-state index in [-0.39, 0.29) is 51.5 Å². The first-order valence-corrected chi connectivity index (χ1v) is 14.1. The highest BCUT2D eigenvalue weighted by atomic mass is 31.2. The van der Waals surface area contributed by atoms with Crippen molar-refractivity contribution >= 4 is 21.1 Å². The summed E-state index contributed by atoms with van der Waals surface area (Å²) in [6.45, 7) is 12.5. The van der Waals surface area contributed by atoms with Gasteiger partial charge in [0.1, 0.15) is 11.8 Å². The molecule has 1 amide bonds. The lowest BCUT2D eigenvalue weighted by Crippen LogP contribution is -2.51. The van der Waals surface area contributed by atoms with Crippen molar-refractivity contribution in [1.29, 1.82) is 0 Å². The molecule has 0 aromatic rings. The van der Waals surface area contributed by atoms with E-state index in [9.17, 15) is 13.9 Å². The molecule has 2 fully saturated rings. The van der Waals surface area contributed by atoms with E-state index in [1.54, 1.807) is 32.6 Å². The maximum atomic E-state index is 13.8. The molecule has 2 aliphatic rings. The summed E-state index contributed by atoms with van der Waals surface area (Å²) in [5.74, 6) is -0.167. The third-order valence-electron chi connectivity index (χ3n) is 5.30. The van der Waals surface area contributed by atoms with Crippen LogP contribution >= 0.6 is 15.2 Å². The van der Waals surface area contributed by atoms with E-state index >= 15 is 0 Å². The molecule has 0 N–H and O–H groups in total. The maximum Gasteiger partial charge on any atom is 0.345 e. The molecule has 2 aliphatic heterocycles. The first-order valence-electron chi connectivity index (χ1n) is 10.9. The number of carbonyl (C=O) groups excluding carboxylic acids is 1. The quantitative estimate of drug-likeness (QED) is 0.379. The second kappa shape index (κ2) is 10.7. The number of rotatable bonds is 12. The highest BCUT2D eigenvalue weighted by Crippen LogP contribution is 2.72. The van der Waals surface area contributed by atoms with Crippen molar-refractivity contribution in [1.82, 2.24) is 4.90 Å². The molecule has 31 heavy (non-hydrogen) atoms. The Hall–Kier alpha value is -0.310. The van der Waals surface area contributed by atoms with Crippen LogP contribution in [0.3, 0.4) is 0 Å². The Balaban J connectivity index is 2.46. The number of hydrogen-bond donors (Lipinski definition) is 0. The van der Waals surface area contributed by atoms with Crippen LogP contribution in [-0.2, 0) is 41.5 Å². The van der Waals surface area contributed by atoms with Crippen molar-refractivity contribution in [2.24, 2.45) is 0 Å². The Morgan fingerprint density at radius 2 is 1.45 bits per heavy atom. The fraction of sp³-hybridized carbons (Fsp3) is 0.947. The molecule has 0 aromatic carbocycles. The second-order valence-corrected chi connectivity index (χ2v) is 12.7. The zero-order valence-electron chi connectivity index (χ0n) is 19.6. The van der Waals surface area contributed by atoms with E-state index in [1.165, 1.54) is 6.92 Å². The summed E-state index contributed by atoms with van der Waals surface area (Å²) in [6.07, 6.45) is -0.954. The molecule has 2 saturated heterocycles. The summed E-state index contributed by atoms with van der Waals surface area (Å²) in [5, 5.41) is -1.21. The minimum atomic E-state index is -3.91. The summed E-state index contributed by atoms with van der Waals surface area (Å²) in [6, 6.07) is -0.427. The van der Waals surface area contributed by atoms with Gasteiger partial charge in [0.15, 0.2) is 5.40 Å². The van der Waals surface area contributed by atoms with Crippen molar-refractivity contribution in [3.05, 3.63) is 0 Å². The summed E-state index contributed by atoms with van der Waals surface area (Å²) >= 11 is 0. The van der Waals surface area contributed by atoms with Crippen molar-refractivity contribution < 1.29 is 41.5 Å². The van der Waals surface area contributed by atoms with E-state index in [0.29, 0.717) is 0 Å². The van der Waals surface area contributed by atoms with Crippen LogP contribution < -0.4 is 0 Å². The smallest absolute Gasteiger partial charge is 0.345 e. The van der Waals surface area contributed by atoms with Gasteiger partial charge in [0.05, 0.1) is 45.2 Å². The van der Waals surface area contributed by atoms with Gasteiger partial charge in [-0.15, -0.1) is 0 Å². The minimum absolute atomic E-state index is 0.00105. The van der Waals surface area contributed by atoms with Gasteiger partial charge in [-0.3, -0.25) is 13.9 Å². The van der Waals surface area contributed by atoms with Gasteiger partial charge >= 0.3 is 15.2 Å². The van der Waals surface area contributed by atoms with Crippen LogP contribution in [0, 0.1) is 0 Å². The SMILES string of the molecule is CCOP(=O)(OCC)C(C[C@H]1OC[C@@H]2OC(C)(C)N(C(C)=O)[C@@H]21)P(=O)(OCC)OCC. The molecule has 2 heterocycles. The molecule has 2 rings (SSSR count). The standard InChI is InChI=1S/C19H37NO9P2/c1-8-25-30(22,26-9-2)17(31(23,27-10-3)28-11-4)12-15-18-16(13-24-15)29-19(6,7)20(18)14(5)21/h15-18H,8-13H2,1-7H3/t15-,16+,18-/m1/s1. The predicted molar refractivity (Wildman–Crippen MR) is 115 cm³/mol. The van der Waals surface area contributed by atoms with E-state index in [0.717, 1.165) is 0 Å². The number of carbonyl (C=O) groups is 1. The Kier molecular flexibility index (Phi) is 9.34. The van der Waals surface area contributed by atoms with Gasteiger partial charge in [0.25, 0.3) is 0 Å². The zero-order chi connectivity index (χ0) is 23.4. The maximum absolute atomic E-state index is 13.8. The van der Waals surface area contributed by atoms with Gasteiger partial charge in [0, 0.05) is 13.3 Å². The normalized spacial score (nSPS) is 25.9. The lowest BCUT2D eigenvalue weighted by Gasteiger charge is -2.37. The number of hydrogen-bond acceptors (Lipinski definition) is 9. The fourth-order valence-electron chi connectivity index (χ4n) is 4.45. The minimum Gasteiger partial charge on any atom is -0.373 e. The number of ether oxygens (including phenoxy) is 2. The van der Waals surface area contributed by atoms with E-state index in [1.807, 2.05) is 13.8 Å². The monoisotopic (exact) mass is 485 g/mol. The van der Waals surface area contributed by atoms with Crippen molar-refractivity contribution in [3.63, 3.8) is 0 Å². The summed E-state index contributed by atoms with van der Waals surface area (Å²) < 4.78 is 61.7. The van der Waals surface area contributed by atoms with Gasteiger partial charge in [-0.2, -0.15) is 0 Å². The highest BCUT2D eigenvalue weighted by Gasteiger charge is 2.59. The number of nitrogens with zero attached hydrogens (tertiary/aromatic N) is 1. The highest BCUT2D eigenvalue weighted by molar-refractivity contribution is 7.72. The van der Waals surface area contributed by atoms with Gasteiger partial charge in [0.2, 0.25) is 5.91 Å². The predicted octanol–water partition coefficient (Wildman–Crippen LogP) is 3.99. The van der Waals surface area contributed by atoms with Crippen LogP contribution in [0.1, 0.15) is 54.9 Å². The zero-order valence-corrected chi connectivity index (χ0v) is 21.4. The summed E-state index contributed by atoms with van der Waals surface area (Å²) in [7, 11) is -7.82. The topological polar surface area (TPSA) is 110 Å². The fourth-order valence-corrected chi connectivity index (χ4v) is 9.85. The molecule has 0 saturated carbocycles. The van der Waals surface area contributed by atoms with Crippen LogP contribution in [-0.4, -0.2) is 73.2 Å². The van der Waals surface area contributed by atoms with Gasteiger partial charge in [-0.25, -0.2) is 0 Å². The van der Waals surface area contributed by atoms with E-state index < -0.39 is 38.5 Å². The Morgan fingerprint density at radius 1 is 1.00 bits per heavy atom. The first-order chi connectivity index (χ1) is 14.5. The number of amides is 1. The molecule has 0 aliphatic carbocycles. The van der Waals surface area contributed by atoms with Crippen LogP contribution in [0.5, 0.6) is 0 Å². The van der Waals surface area contributed by atoms with Crippen LogP contribution in [0.2, 0.25) is 0 Å². The molecule has 0 aromatic heterocycles. The lowest BCUT2D eigenvalue weighted by molar-refractivity contribution is -0.152. The third kappa shape index (κ3) is 5.61. The van der Waals surface area contributed by atoms with Crippen molar-refractivity contribution in [2.45, 2.75) is 84.3 Å². The number of fused-ring (bicyclic) bond motifs is 1. The van der Waals surface area contributed by atoms with E-state index in [2.05, 4.69) is 0 Å². The molecule has 10 nitrogen and oxygen atoms in total. The molecule has 3 atom stereocenters. The van der Waals surface area contributed by atoms with Crippen LogP contribution in [0.15, 0.2) is 0 Å². The molecule has 12 heteroatoms. The Morgan fingerprint density at radius 3 is 1.84 bits per heavy atom. The molecule has 0 bridgehead atoms. The van der Waals surface area contributed by atoms with Gasteiger partial charge < -0.3 is 32.5 Å². The van der Waals surface area contributed by atoms with Crippen LogP contribution in [0.4, 0.5) is 0 Å². The van der Waals surface area contributed by atoms with Gasteiger partial charge in [-0.1, -0.05) is 0 Å². The Bertz CT molecular complexity index is 666. The van der Waals surface area contributed by atoms with Crippen molar-refractivity contribution in [2.75, 3.05) is 33.0 Å². The molecule has 0 spiro atoms. The summed E-state index contributed by atoms with van der Waals surface area (Å²) in [4.78, 5) is 14.1. The van der Waals surface area contributed by atoms with Gasteiger partial charge in [-0.05, 0) is 41.5 Å². The Labute approximate surface area is 185 Å². The molecular formula is C19H37NO9P2. The largest absolute Gasteiger partial charge is 0.373 e. The summed E-state index contributed by atoms with van der Waals surface area (Å²) in [5.41, 5.74) is -0.814. The second-order valence-electron chi connectivity index (χ2n) is 7.82.